The van der Waals surface area contributed by atoms with E-state index in [1.807, 2.05) is 45.1 Å². The second-order valence-electron chi connectivity index (χ2n) is 13.8. The van der Waals surface area contributed by atoms with Gasteiger partial charge in [-0.2, -0.15) is 0 Å². The van der Waals surface area contributed by atoms with Crippen molar-refractivity contribution in [1.82, 2.24) is 9.80 Å². The van der Waals surface area contributed by atoms with Crippen molar-refractivity contribution in [3.05, 3.63) is 36.0 Å². The van der Waals surface area contributed by atoms with Crippen molar-refractivity contribution in [2.24, 2.45) is 11.8 Å². The van der Waals surface area contributed by atoms with Gasteiger partial charge in [0.2, 0.25) is 0 Å². The lowest BCUT2D eigenvalue weighted by Crippen LogP contribution is -2.53. The molecule has 3 rings (SSSR count). The summed E-state index contributed by atoms with van der Waals surface area (Å²) in [6, 6.07) is 0.591. The maximum atomic E-state index is 13.4. The van der Waals surface area contributed by atoms with Gasteiger partial charge in [-0.05, 0) is 63.5 Å². The van der Waals surface area contributed by atoms with E-state index in [0.29, 0.717) is 32.0 Å². The third kappa shape index (κ3) is 12.2. The van der Waals surface area contributed by atoms with Crippen LogP contribution in [0.2, 0.25) is 0 Å². The van der Waals surface area contributed by atoms with E-state index in [1.54, 1.807) is 17.9 Å². The van der Waals surface area contributed by atoms with E-state index < -0.39 is 36.0 Å². The van der Waals surface area contributed by atoms with Crippen LogP contribution in [0.4, 0.5) is 4.79 Å². The molecule has 2 aliphatic heterocycles. The third-order valence-electron chi connectivity index (χ3n) is 9.74. The predicted molar refractivity (Wildman–Crippen MR) is 177 cm³/mol. The van der Waals surface area contributed by atoms with Crippen LogP contribution in [-0.4, -0.2) is 101 Å². The Morgan fingerprint density at radius 2 is 1.78 bits per heavy atom. The van der Waals surface area contributed by atoms with Crippen molar-refractivity contribution < 1.29 is 38.8 Å². The largest absolute Gasteiger partial charge is 0.469 e. The molecule has 0 radical (unpaired) electrons. The minimum Gasteiger partial charge on any atom is -0.469 e. The molecule has 1 amide bonds. The van der Waals surface area contributed by atoms with Crippen LogP contribution in [0.1, 0.15) is 98.3 Å². The zero-order valence-corrected chi connectivity index (χ0v) is 28.7. The molecule has 0 aromatic heterocycles. The van der Waals surface area contributed by atoms with Gasteiger partial charge >= 0.3 is 18.0 Å². The summed E-state index contributed by atoms with van der Waals surface area (Å²) in [6.07, 6.45) is 14.9. The predicted octanol–water partition coefficient (Wildman–Crippen LogP) is 5.32. The Morgan fingerprint density at radius 3 is 2.43 bits per heavy atom. The summed E-state index contributed by atoms with van der Waals surface area (Å²) in [5.74, 6) is -0.938. The van der Waals surface area contributed by atoms with E-state index in [2.05, 4.69) is 4.90 Å². The van der Waals surface area contributed by atoms with Crippen LogP contribution in [0.3, 0.4) is 0 Å². The molecule has 1 saturated carbocycles. The summed E-state index contributed by atoms with van der Waals surface area (Å²) in [6.45, 7) is 10.2. The van der Waals surface area contributed by atoms with Crippen molar-refractivity contribution in [2.75, 3.05) is 33.3 Å². The molecule has 3 aliphatic rings. The van der Waals surface area contributed by atoms with Gasteiger partial charge in [0, 0.05) is 44.6 Å². The lowest BCUT2D eigenvalue weighted by Gasteiger charge is -2.40. The van der Waals surface area contributed by atoms with Gasteiger partial charge in [0.1, 0.15) is 11.7 Å². The Labute approximate surface area is 275 Å². The smallest absolute Gasteiger partial charge is 0.410 e. The lowest BCUT2D eigenvalue weighted by molar-refractivity contribution is -0.151. The molecule has 0 unspecified atom stereocenters. The molecule has 2 N–H and O–H groups in total. The fourth-order valence-corrected chi connectivity index (χ4v) is 6.56. The van der Waals surface area contributed by atoms with Gasteiger partial charge in [-0.1, -0.05) is 63.8 Å². The Hall–Kier alpha value is -2.69. The number of amides is 1. The molecule has 1 saturated heterocycles. The average molecular weight is 647 g/mol. The Morgan fingerprint density at radius 1 is 1.11 bits per heavy atom. The topological polar surface area (TPSA) is 126 Å². The Bertz CT molecular complexity index is 1070. The first-order valence-corrected chi connectivity index (χ1v) is 17.3. The molecule has 2 fully saturated rings. The molecular formula is C36H58N2O8. The van der Waals surface area contributed by atoms with Gasteiger partial charge in [-0.25, -0.2) is 4.79 Å². The summed E-state index contributed by atoms with van der Waals surface area (Å²) in [5, 5.41) is 22.1. The lowest BCUT2D eigenvalue weighted by atomic mass is 9.88. The number of hydrogen-bond acceptors (Lipinski definition) is 9. The van der Waals surface area contributed by atoms with Gasteiger partial charge < -0.3 is 29.3 Å². The highest BCUT2D eigenvalue weighted by Crippen LogP contribution is 2.28. The van der Waals surface area contributed by atoms with Crippen LogP contribution in [0.5, 0.6) is 0 Å². The normalized spacial score (nSPS) is 31.2. The highest BCUT2D eigenvalue weighted by molar-refractivity contribution is 5.70. The van der Waals surface area contributed by atoms with Crippen molar-refractivity contribution in [3.63, 3.8) is 0 Å². The highest BCUT2D eigenvalue weighted by atomic mass is 16.6. The van der Waals surface area contributed by atoms with E-state index in [4.69, 9.17) is 14.2 Å². The fraction of sp³-hybridized carbons (Fsp3) is 0.750. The molecule has 10 nitrogen and oxygen atoms in total. The van der Waals surface area contributed by atoms with Crippen molar-refractivity contribution in [1.29, 1.82) is 0 Å². The minimum absolute atomic E-state index is 0.134. The summed E-state index contributed by atoms with van der Waals surface area (Å²) in [5.41, 5.74) is -0.665. The maximum absolute atomic E-state index is 13.4. The molecule has 0 spiro atoms. The molecule has 6 atom stereocenters. The molecule has 0 aromatic rings. The quantitative estimate of drug-likeness (QED) is 0.118. The van der Waals surface area contributed by atoms with Crippen LogP contribution >= 0.6 is 0 Å². The first-order chi connectivity index (χ1) is 21.9. The average Bonchev–Trinajstić information content (AvgIpc) is 3.32. The summed E-state index contributed by atoms with van der Waals surface area (Å²) in [4.78, 5) is 41.9. The van der Waals surface area contributed by atoms with E-state index in [-0.39, 0.29) is 37.1 Å². The number of piperazine rings is 1. The van der Waals surface area contributed by atoms with Gasteiger partial charge in [-0.3, -0.25) is 14.5 Å². The van der Waals surface area contributed by atoms with Gasteiger partial charge in [0.25, 0.3) is 0 Å². The number of allylic oxidation sites excluding steroid dienone is 3. The number of carbonyl (C=O) groups excluding carboxylic acids is 3. The number of nitrogens with zero attached hydrogens (tertiary/aromatic N) is 2. The number of carbonyl (C=O) groups is 3. The van der Waals surface area contributed by atoms with Crippen molar-refractivity contribution in [3.8, 4) is 0 Å². The first-order valence-electron chi connectivity index (χ1n) is 17.3. The fourth-order valence-electron chi connectivity index (χ4n) is 6.56. The third-order valence-corrected chi connectivity index (χ3v) is 9.74. The number of esters is 2. The van der Waals surface area contributed by atoms with Crippen LogP contribution in [-0.2, 0) is 23.8 Å². The number of rotatable bonds is 8. The van der Waals surface area contributed by atoms with Gasteiger partial charge in [0.15, 0.2) is 6.10 Å². The molecule has 46 heavy (non-hydrogen) atoms. The Balaban J connectivity index is 1.71. The van der Waals surface area contributed by atoms with Crippen LogP contribution in [0.15, 0.2) is 36.0 Å². The SMILES string of the molecule is COC(=O)CC[C@H](C)/C=C/C=C(\C)[C@H]1OC(=O)C[C@H](O)CC[C@@](C)(O)[C@@H](OC(=O)N2CCN(C3CCCCCC3)CC2)/C=C/[C@@H]1C. The summed E-state index contributed by atoms with van der Waals surface area (Å²) >= 11 is 0. The second-order valence-corrected chi connectivity index (χ2v) is 13.8. The molecule has 2 heterocycles. The van der Waals surface area contributed by atoms with Crippen molar-refractivity contribution in [2.45, 2.75) is 128 Å². The minimum atomic E-state index is -1.46. The van der Waals surface area contributed by atoms with E-state index >= 15 is 0 Å². The second kappa shape index (κ2) is 18.6. The van der Waals surface area contributed by atoms with E-state index in [9.17, 15) is 24.6 Å². The molecule has 0 aromatic carbocycles. The van der Waals surface area contributed by atoms with Gasteiger partial charge in [0.05, 0.1) is 19.6 Å². The van der Waals surface area contributed by atoms with Crippen LogP contribution in [0, 0.1) is 11.8 Å². The van der Waals surface area contributed by atoms with Crippen LogP contribution in [0.25, 0.3) is 0 Å². The molecule has 0 bridgehead atoms. The number of ether oxygens (including phenoxy) is 3. The molecule has 10 heteroatoms. The highest BCUT2D eigenvalue weighted by Gasteiger charge is 2.37. The zero-order chi connectivity index (χ0) is 33.7. The number of aliphatic hydroxyl groups is 2. The summed E-state index contributed by atoms with van der Waals surface area (Å²) in [7, 11) is 1.38. The first kappa shape index (κ1) is 37.8. The van der Waals surface area contributed by atoms with E-state index in [0.717, 1.165) is 18.7 Å². The standard InChI is InChI=1S/C36H58N2O8/c1-26(15-18-32(40)44-5)11-10-12-27(2)34-28(3)16-17-31(36(4,43)20-19-30(39)25-33(41)46-34)45-35(42)38-23-21-37(22-24-38)29-13-8-6-7-9-14-29/h10-12,16-17,26,28-31,34,39,43H,6-9,13-15,18-25H2,1-5H3/b11-10+,17-16+,27-12+/t26-,28+,30-,31+,34-,36-/m1/s1. The number of methoxy groups -OCH3 is 1. The molecule has 1 aliphatic carbocycles. The van der Waals surface area contributed by atoms with E-state index in [1.165, 1.54) is 45.6 Å². The number of cyclic esters (lactones) is 1. The maximum Gasteiger partial charge on any atom is 0.410 e. The monoisotopic (exact) mass is 646 g/mol. The summed E-state index contributed by atoms with van der Waals surface area (Å²) < 4.78 is 16.5. The Kier molecular flexibility index (Phi) is 15.3. The number of aliphatic hydroxyl groups excluding tert-OH is 1. The van der Waals surface area contributed by atoms with Crippen molar-refractivity contribution >= 4 is 18.0 Å². The number of hydrogen-bond donors (Lipinski definition) is 2. The molecule has 260 valence electrons. The zero-order valence-electron chi connectivity index (χ0n) is 28.7. The van der Waals surface area contributed by atoms with Gasteiger partial charge in [-0.15, -0.1) is 0 Å². The molecular weight excluding hydrogens is 588 g/mol. The van der Waals surface area contributed by atoms with Crippen LogP contribution < -0.4 is 0 Å².